The third kappa shape index (κ3) is 1.18. The van der Waals surface area contributed by atoms with E-state index < -0.39 is 0 Å². The van der Waals surface area contributed by atoms with Gasteiger partial charge in [0, 0.05) is 17.1 Å². The molecule has 2 rings (SSSR count). The van der Waals surface area contributed by atoms with E-state index in [4.69, 9.17) is 0 Å². The lowest BCUT2D eigenvalue weighted by atomic mass is 10.1. The lowest BCUT2D eigenvalue weighted by Gasteiger charge is -1.99. The molecule has 1 aromatic carbocycles. The number of nitrogens with one attached hydrogen (secondary N) is 1. The summed E-state index contributed by atoms with van der Waals surface area (Å²) >= 11 is 0. The summed E-state index contributed by atoms with van der Waals surface area (Å²) in [5.74, 6) is -0.0893. The summed E-state index contributed by atoms with van der Waals surface area (Å²) < 4.78 is 0. The lowest BCUT2D eigenvalue weighted by Crippen LogP contribution is -1.92. The predicted molar refractivity (Wildman–Crippen MR) is 50.0 cm³/mol. The Morgan fingerprint density at radius 2 is 2.23 bits per heavy atom. The van der Waals surface area contributed by atoms with Gasteiger partial charge in [0.05, 0.1) is 5.56 Å². The molecule has 0 aliphatic rings. The number of benzene rings is 1. The summed E-state index contributed by atoms with van der Waals surface area (Å²) in [7, 11) is 0. The molecule has 0 atom stereocenters. The number of aromatic amines is 1. The van der Waals surface area contributed by atoms with Crippen molar-refractivity contribution in [1.82, 2.24) is 4.98 Å². The van der Waals surface area contributed by atoms with Crippen LogP contribution in [-0.2, 0) is 0 Å². The number of H-pyrrole nitrogens is 1. The summed E-state index contributed by atoms with van der Waals surface area (Å²) in [4.78, 5) is 14.0. The van der Waals surface area contributed by atoms with Crippen molar-refractivity contribution in [3.8, 4) is 5.75 Å². The van der Waals surface area contributed by atoms with Crippen LogP contribution in [-0.4, -0.2) is 15.9 Å². The second kappa shape index (κ2) is 2.62. The van der Waals surface area contributed by atoms with Gasteiger partial charge in [-0.1, -0.05) is 0 Å². The normalized spacial score (nSPS) is 10.5. The number of Topliss-reactive ketones (excluding diaryl/α,β-unsaturated/α-hetero) is 1. The van der Waals surface area contributed by atoms with Crippen LogP contribution < -0.4 is 0 Å². The van der Waals surface area contributed by atoms with E-state index in [0.717, 1.165) is 10.9 Å². The van der Waals surface area contributed by atoms with Gasteiger partial charge in [0.1, 0.15) is 5.75 Å². The fourth-order valence-electron chi connectivity index (χ4n) is 1.37. The van der Waals surface area contributed by atoms with Crippen LogP contribution in [0, 0.1) is 0 Å². The van der Waals surface area contributed by atoms with Gasteiger partial charge < -0.3 is 10.1 Å². The van der Waals surface area contributed by atoms with E-state index in [9.17, 15) is 9.90 Å². The molecule has 1 aromatic heterocycles. The Bertz CT molecular complexity index is 471. The molecule has 2 aromatic rings. The van der Waals surface area contributed by atoms with E-state index in [2.05, 4.69) is 4.98 Å². The molecule has 0 aliphatic heterocycles. The Labute approximate surface area is 75.0 Å². The predicted octanol–water partition coefficient (Wildman–Crippen LogP) is 2.08. The van der Waals surface area contributed by atoms with E-state index in [0.29, 0.717) is 5.56 Å². The van der Waals surface area contributed by atoms with Gasteiger partial charge in [-0.25, -0.2) is 0 Å². The Kier molecular flexibility index (Phi) is 1.59. The number of hydrogen-bond donors (Lipinski definition) is 2. The van der Waals surface area contributed by atoms with Crippen molar-refractivity contribution in [2.45, 2.75) is 6.92 Å². The highest BCUT2D eigenvalue weighted by Crippen LogP contribution is 2.24. The smallest absolute Gasteiger partial charge is 0.163 e. The number of ketones is 1. The van der Waals surface area contributed by atoms with Crippen LogP contribution in [0.15, 0.2) is 24.4 Å². The zero-order valence-corrected chi connectivity index (χ0v) is 7.16. The van der Waals surface area contributed by atoms with Crippen molar-refractivity contribution in [3.05, 3.63) is 30.0 Å². The van der Waals surface area contributed by atoms with Gasteiger partial charge in [-0.3, -0.25) is 4.79 Å². The molecule has 2 N–H and O–H groups in total. The number of aromatic hydroxyl groups is 1. The molecule has 0 spiro atoms. The van der Waals surface area contributed by atoms with Gasteiger partial charge >= 0.3 is 0 Å². The van der Waals surface area contributed by atoms with Crippen LogP contribution in [0.25, 0.3) is 10.9 Å². The fourth-order valence-corrected chi connectivity index (χ4v) is 1.37. The first-order valence-corrected chi connectivity index (χ1v) is 3.99. The zero-order valence-electron chi connectivity index (χ0n) is 7.16. The first-order valence-electron chi connectivity index (χ1n) is 3.99. The monoisotopic (exact) mass is 175 g/mol. The topological polar surface area (TPSA) is 53.1 Å². The summed E-state index contributed by atoms with van der Waals surface area (Å²) in [6, 6.07) is 5.09. The van der Waals surface area contributed by atoms with Gasteiger partial charge in [-0.2, -0.15) is 0 Å². The van der Waals surface area contributed by atoms with Gasteiger partial charge in [-0.15, -0.1) is 0 Å². The van der Waals surface area contributed by atoms with Crippen LogP contribution in [0.1, 0.15) is 17.3 Å². The molecule has 0 fully saturated rings. The standard InChI is InChI=1S/C10H9NO2/c1-6(12)8-5-9-7(2-3-11-9)4-10(8)13/h2-5,11,13H,1H3. The molecular weight excluding hydrogens is 166 g/mol. The number of phenolic OH excluding ortho intramolecular Hbond substituents is 1. The molecule has 0 bridgehead atoms. The van der Waals surface area contributed by atoms with E-state index >= 15 is 0 Å². The average Bonchev–Trinajstić information content (AvgIpc) is 2.48. The summed E-state index contributed by atoms with van der Waals surface area (Å²) in [6.07, 6.45) is 1.77. The zero-order chi connectivity index (χ0) is 9.42. The molecule has 0 amide bonds. The fraction of sp³-hybridized carbons (Fsp3) is 0.100. The van der Waals surface area contributed by atoms with Crippen molar-refractivity contribution in [1.29, 1.82) is 0 Å². The Hall–Kier alpha value is -1.77. The van der Waals surface area contributed by atoms with Crippen molar-refractivity contribution >= 4 is 16.7 Å². The number of carbonyl (C=O) groups is 1. The average molecular weight is 175 g/mol. The third-order valence-electron chi connectivity index (χ3n) is 2.05. The summed E-state index contributed by atoms with van der Waals surface area (Å²) in [6.45, 7) is 1.43. The van der Waals surface area contributed by atoms with Gasteiger partial charge in [-0.05, 0) is 25.1 Å². The maximum atomic E-state index is 11.1. The molecule has 1 heterocycles. The number of rotatable bonds is 1. The van der Waals surface area contributed by atoms with Crippen LogP contribution in [0.5, 0.6) is 5.75 Å². The first-order chi connectivity index (χ1) is 6.18. The van der Waals surface area contributed by atoms with Gasteiger partial charge in [0.15, 0.2) is 5.78 Å². The van der Waals surface area contributed by atoms with Crippen LogP contribution in [0.2, 0.25) is 0 Å². The van der Waals surface area contributed by atoms with Crippen LogP contribution in [0.3, 0.4) is 0 Å². The lowest BCUT2D eigenvalue weighted by molar-refractivity contribution is 0.101. The number of fused-ring (bicyclic) bond motifs is 1. The highest BCUT2D eigenvalue weighted by atomic mass is 16.3. The van der Waals surface area contributed by atoms with E-state index in [-0.39, 0.29) is 11.5 Å². The number of hydrogen-bond acceptors (Lipinski definition) is 2. The van der Waals surface area contributed by atoms with Crippen LogP contribution in [0.4, 0.5) is 0 Å². The number of aromatic nitrogens is 1. The van der Waals surface area contributed by atoms with Crippen molar-refractivity contribution in [2.75, 3.05) is 0 Å². The van der Waals surface area contributed by atoms with E-state index in [1.54, 1.807) is 18.3 Å². The second-order valence-electron chi connectivity index (χ2n) is 2.99. The SMILES string of the molecule is CC(=O)c1cc2[nH]ccc2cc1O. The third-order valence-corrected chi connectivity index (χ3v) is 2.05. The quantitative estimate of drug-likeness (QED) is 0.652. The number of phenols is 1. The Morgan fingerprint density at radius 3 is 2.92 bits per heavy atom. The summed E-state index contributed by atoms with van der Waals surface area (Å²) in [5.41, 5.74) is 1.22. The molecule has 13 heavy (non-hydrogen) atoms. The highest BCUT2D eigenvalue weighted by molar-refractivity contribution is 6.00. The first kappa shape index (κ1) is 7.86. The van der Waals surface area contributed by atoms with E-state index in [1.165, 1.54) is 6.92 Å². The maximum absolute atomic E-state index is 11.1. The minimum Gasteiger partial charge on any atom is -0.507 e. The molecule has 0 aliphatic carbocycles. The molecule has 0 unspecified atom stereocenters. The molecule has 66 valence electrons. The largest absolute Gasteiger partial charge is 0.507 e. The Morgan fingerprint density at radius 1 is 1.46 bits per heavy atom. The van der Waals surface area contributed by atoms with Gasteiger partial charge in [0.25, 0.3) is 0 Å². The van der Waals surface area contributed by atoms with Crippen molar-refractivity contribution < 1.29 is 9.90 Å². The summed E-state index contributed by atoms with van der Waals surface area (Å²) in [5, 5.41) is 10.4. The molecule has 3 nitrogen and oxygen atoms in total. The van der Waals surface area contributed by atoms with Crippen LogP contribution >= 0.6 is 0 Å². The van der Waals surface area contributed by atoms with Crippen molar-refractivity contribution in [3.63, 3.8) is 0 Å². The van der Waals surface area contributed by atoms with Crippen molar-refractivity contribution in [2.24, 2.45) is 0 Å². The highest BCUT2D eigenvalue weighted by Gasteiger charge is 2.07. The van der Waals surface area contributed by atoms with Gasteiger partial charge in [0.2, 0.25) is 0 Å². The molecule has 3 heteroatoms. The maximum Gasteiger partial charge on any atom is 0.163 e. The minimum atomic E-state index is -0.131. The Balaban J connectivity index is 2.76. The molecule has 0 saturated carbocycles. The second-order valence-corrected chi connectivity index (χ2v) is 2.99. The molecule has 0 radical (unpaired) electrons. The van der Waals surface area contributed by atoms with E-state index in [1.807, 2.05) is 6.07 Å². The number of carbonyl (C=O) groups excluding carboxylic acids is 1. The minimum absolute atomic E-state index is 0.0413. The molecule has 0 saturated heterocycles. The molecular formula is C10H9NO2.